The summed E-state index contributed by atoms with van der Waals surface area (Å²) in [6.45, 7) is 0. The monoisotopic (exact) mass is 292 g/mol. The first-order chi connectivity index (χ1) is 9.50. The van der Waals surface area contributed by atoms with Crippen molar-refractivity contribution in [1.82, 2.24) is 0 Å². The lowest BCUT2D eigenvalue weighted by atomic mass is 10.2. The van der Waals surface area contributed by atoms with Gasteiger partial charge < -0.3 is 10.4 Å². The Bertz CT molecular complexity index is 688. The predicted octanol–water partition coefficient (Wildman–Crippen LogP) is 3.21. The number of benzene rings is 2. The number of nitrogens with zero attached hydrogens (tertiary/aromatic N) is 1. The van der Waals surface area contributed by atoms with Crippen molar-refractivity contribution in [2.45, 2.75) is 0 Å². The molecule has 0 bridgehead atoms. The number of nitro benzene ring substituents is 1. The molecule has 6 nitrogen and oxygen atoms in total. The second-order valence-electron chi connectivity index (χ2n) is 3.86. The Kier molecular flexibility index (Phi) is 3.86. The first kappa shape index (κ1) is 13.8. The van der Waals surface area contributed by atoms with Crippen LogP contribution in [0.25, 0.3) is 0 Å². The zero-order valence-electron chi connectivity index (χ0n) is 10.0. The quantitative estimate of drug-likeness (QED) is 0.516. The Morgan fingerprint density at radius 1 is 1.20 bits per heavy atom. The van der Waals surface area contributed by atoms with Gasteiger partial charge in [-0.3, -0.25) is 14.9 Å². The molecule has 2 N–H and O–H groups in total. The minimum atomic E-state index is -0.693. The van der Waals surface area contributed by atoms with Crippen LogP contribution >= 0.6 is 11.6 Å². The number of rotatable bonds is 3. The van der Waals surface area contributed by atoms with E-state index in [0.717, 1.165) is 0 Å². The van der Waals surface area contributed by atoms with Crippen molar-refractivity contribution in [2.24, 2.45) is 0 Å². The fourth-order valence-electron chi connectivity index (χ4n) is 1.63. The van der Waals surface area contributed by atoms with Crippen LogP contribution in [0.2, 0.25) is 5.02 Å². The molecule has 1 amide bonds. The number of carbonyl (C=O) groups is 1. The van der Waals surface area contributed by atoms with Crippen LogP contribution in [0.15, 0.2) is 42.5 Å². The summed E-state index contributed by atoms with van der Waals surface area (Å²) >= 11 is 5.87. The van der Waals surface area contributed by atoms with Crippen LogP contribution < -0.4 is 5.32 Å². The maximum atomic E-state index is 12.0. The number of hydrogen-bond donors (Lipinski definition) is 2. The third-order valence-corrected chi connectivity index (χ3v) is 2.90. The van der Waals surface area contributed by atoms with Crippen molar-refractivity contribution >= 4 is 28.9 Å². The molecule has 2 aromatic rings. The maximum absolute atomic E-state index is 12.0. The van der Waals surface area contributed by atoms with E-state index >= 15 is 0 Å². The van der Waals surface area contributed by atoms with Crippen molar-refractivity contribution in [3.63, 3.8) is 0 Å². The van der Waals surface area contributed by atoms with Crippen LogP contribution in [0.4, 0.5) is 11.4 Å². The summed E-state index contributed by atoms with van der Waals surface area (Å²) < 4.78 is 0. The largest absolute Gasteiger partial charge is 0.505 e. The molecule has 0 atom stereocenters. The fourth-order valence-corrected chi connectivity index (χ4v) is 1.86. The second-order valence-corrected chi connectivity index (χ2v) is 4.27. The van der Waals surface area contributed by atoms with Crippen LogP contribution in [-0.2, 0) is 0 Å². The number of phenolic OH excluding ortho intramolecular Hbond substituents is 1. The number of nitrogens with one attached hydrogen (secondary N) is 1. The van der Waals surface area contributed by atoms with Crippen molar-refractivity contribution in [2.75, 3.05) is 5.32 Å². The summed E-state index contributed by atoms with van der Waals surface area (Å²) in [5, 5.41) is 23.0. The first-order valence-electron chi connectivity index (χ1n) is 5.53. The number of hydrogen-bond acceptors (Lipinski definition) is 4. The van der Waals surface area contributed by atoms with Crippen LogP contribution in [0.1, 0.15) is 10.4 Å². The number of carbonyl (C=O) groups excluding carboxylic acids is 1. The van der Waals surface area contributed by atoms with Gasteiger partial charge in [-0.2, -0.15) is 0 Å². The van der Waals surface area contributed by atoms with Crippen LogP contribution in [0.3, 0.4) is 0 Å². The maximum Gasteiger partial charge on any atom is 0.296 e. The van der Waals surface area contributed by atoms with E-state index in [-0.39, 0.29) is 22.0 Å². The molecule has 2 rings (SSSR count). The van der Waals surface area contributed by atoms with Crippen LogP contribution in [0, 0.1) is 10.1 Å². The molecule has 0 unspecified atom stereocenters. The van der Waals surface area contributed by atoms with E-state index in [2.05, 4.69) is 5.32 Å². The molecule has 0 aliphatic rings. The molecule has 0 saturated carbocycles. The molecule has 0 spiro atoms. The summed E-state index contributed by atoms with van der Waals surface area (Å²) in [5.41, 5.74) is -0.500. The van der Waals surface area contributed by atoms with Gasteiger partial charge in [0.2, 0.25) is 0 Å². The van der Waals surface area contributed by atoms with E-state index in [4.69, 9.17) is 11.6 Å². The molecular weight excluding hydrogens is 284 g/mol. The van der Waals surface area contributed by atoms with Gasteiger partial charge in [-0.25, -0.2) is 0 Å². The Morgan fingerprint density at radius 3 is 2.55 bits per heavy atom. The van der Waals surface area contributed by atoms with Gasteiger partial charge in [0.05, 0.1) is 15.5 Å². The second kappa shape index (κ2) is 5.58. The zero-order valence-corrected chi connectivity index (χ0v) is 10.8. The van der Waals surface area contributed by atoms with Gasteiger partial charge in [-0.15, -0.1) is 0 Å². The highest BCUT2D eigenvalue weighted by Gasteiger charge is 2.20. The van der Waals surface area contributed by atoms with Gasteiger partial charge in [0, 0.05) is 6.07 Å². The molecule has 0 heterocycles. The van der Waals surface area contributed by atoms with Crippen molar-refractivity contribution in [3.05, 3.63) is 63.2 Å². The minimum absolute atomic E-state index is 0.159. The van der Waals surface area contributed by atoms with Gasteiger partial charge in [0.15, 0.2) is 5.69 Å². The number of amides is 1. The zero-order chi connectivity index (χ0) is 14.7. The number of nitro groups is 1. The molecule has 0 radical (unpaired) electrons. The average Bonchev–Trinajstić information content (AvgIpc) is 2.41. The summed E-state index contributed by atoms with van der Waals surface area (Å²) in [5.74, 6) is -1.03. The third kappa shape index (κ3) is 2.70. The lowest BCUT2D eigenvalue weighted by molar-refractivity contribution is -0.384. The van der Waals surface area contributed by atoms with Crippen molar-refractivity contribution in [1.29, 1.82) is 0 Å². The smallest absolute Gasteiger partial charge is 0.296 e. The van der Waals surface area contributed by atoms with Gasteiger partial charge >= 0.3 is 0 Å². The first-order valence-corrected chi connectivity index (χ1v) is 5.90. The van der Waals surface area contributed by atoms with Crippen molar-refractivity contribution in [3.8, 4) is 5.75 Å². The van der Waals surface area contributed by atoms with Gasteiger partial charge in [0.25, 0.3) is 11.6 Å². The molecule has 0 saturated heterocycles. The highest BCUT2D eigenvalue weighted by Crippen LogP contribution is 2.33. The normalized spacial score (nSPS) is 10.1. The predicted molar refractivity (Wildman–Crippen MR) is 74.2 cm³/mol. The van der Waals surface area contributed by atoms with Crippen LogP contribution in [0.5, 0.6) is 5.75 Å². The standard InChI is InChI=1S/C13H9ClN2O4/c14-9-5-2-1-4-8(9)13(18)15-12-10(16(19)20)6-3-7-11(12)17/h1-7,17H,(H,15,18). The molecule has 20 heavy (non-hydrogen) atoms. The van der Waals surface area contributed by atoms with E-state index in [1.807, 2.05) is 0 Å². The number of anilines is 1. The van der Waals surface area contributed by atoms with E-state index < -0.39 is 16.5 Å². The topological polar surface area (TPSA) is 92.5 Å². The third-order valence-electron chi connectivity index (χ3n) is 2.57. The Morgan fingerprint density at radius 2 is 1.90 bits per heavy atom. The van der Waals surface area contributed by atoms with E-state index in [9.17, 15) is 20.0 Å². The van der Waals surface area contributed by atoms with Gasteiger partial charge in [0.1, 0.15) is 5.75 Å². The van der Waals surface area contributed by atoms with Crippen LogP contribution in [-0.4, -0.2) is 15.9 Å². The van der Waals surface area contributed by atoms with E-state index in [1.54, 1.807) is 12.1 Å². The number of para-hydroxylation sites is 1. The Labute approximate surface area is 118 Å². The Balaban J connectivity index is 2.38. The highest BCUT2D eigenvalue weighted by molar-refractivity contribution is 6.34. The van der Waals surface area contributed by atoms with E-state index in [1.165, 1.54) is 30.3 Å². The van der Waals surface area contributed by atoms with Gasteiger partial charge in [-0.05, 0) is 18.2 Å². The molecule has 2 aromatic carbocycles. The average molecular weight is 293 g/mol. The molecular formula is C13H9ClN2O4. The summed E-state index contributed by atoms with van der Waals surface area (Å²) in [6.07, 6.45) is 0. The van der Waals surface area contributed by atoms with Crippen molar-refractivity contribution < 1.29 is 14.8 Å². The molecule has 0 aliphatic heterocycles. The summed E-state index contributed by atoms with van der Waals surface area (Å²) in [6, 6.07) is 10.0. The minimum Gasteiger partial charge on any atom is -0.505 e. The number of aromatic hydroxyl groups is 1. The summed E-state index contributed by atoms with van der Waals surface area (Å²) in [4.78, 5) is 22.2. The molecule has 102 valence electrons. The fraction of sp³-hybridized carbons (Fsp3) is 0. The number of phenols is 1. The lowest BCUT2D eigenvalue weighted by Crippen LogP contribution is -2.13. The molecule has 0 fully saturated rings. The molecule has 0 aliphatic carbocycles. The summed E-state index contributed by atoms with van der Waals surface area (Å²) in [7, 11) is 0. The highest BCUT2D eigenvalue weighted by atomic mass is 35.5. The molecule has 7 heteroatoms. The van der Waals surface area contributed by atoms with E-state index in [0.29, 0.717) is 0 Å². The number of halogens is 1. The molecule has 0 aromatic heterocycles. The SMILES string of the molecule is O=C(Nc1c(O)cccc1[N+](=O)[O-])c1ccccc1Cl. The Hall–Kier alpha value is -2.60. The van der Waals surface area contributed by atoms with Gasteiger partial charge in [-0.1, -0.05) is 29.8 Å². The lowest BCUT2D eigenvalue weighted by Gasteiger charge is -2.08.